The van der Waals surface area contributed by atoms with Crippen molar-refractivity contribution in [3.05, 3.63) is 23.9 Å². The van der Waals surface area contributed by atoms with E-state index in [1.165, 1.54) is 0 Å². The van der Waals surface area contributed by atoms with Crippen molar-refractivity contribution < 1.29 is 9.47 Å². The molecule has 2 aliphatic heterocycles. The van der Waals surface area contributed by atoms with Crippen LogP contribution in [0.4, 0.5) is 5.82 Å². The molecule has 2 fully saturated rings. The second kappa shape index (κ2) is 11.9. The number of hydrogen-bond donors (Lipinski definition) is 2. The van der Waals surface area contributed by atoms with Crippen LogP contribution in [0, 0.1) is 0 Å². The second-order valence-corrected chi connectivity index (χ2v) is 7.73. The number of nitrogens with zero attached hydrogens (tertiary/aromatic N) is 4. The summed E-state index contributed by atoms with van der Waals surface area (Å²) in [4.78, 5) is 13.6. The summed E-state index contributed by atoms with van der Waals surface area (Å²) in [6.45, 7) is 8.11. The van der Waals surface area contributed by atoms with Gasteiger partial charge < -0.3 is 29.9 Å². The van der Waals surface area contributed by atoms with Gasteiger partial charge in [-0.05, 0) is 37.9 Å². The van der Waals surface area contributed by atoms with Gasteiger partial charge in [-0.25, -0.2) is 4.98 Å². The summed E-state index contributed by atoms with van der Waals surface area (Å²) in [6.07, 6.45) is 5.47. The molecule has 0 aliphatic carbocycles. The molecular weight excluding hydrogens is 368 g/mol. The molecule has 2 N–H and O–H groups in total. The largest absolute Gasteiger partial charge is 0.379 e. The third-order valence-electron chi connectivity index (χ3n) is 5.41. The van der Waals surface area contributed by atoms with E-state index >= 15 is 0 Å². The molecule has 29 heavy (non-hydrogen) atoms. The van der Waals surface area contributed by atoms with E-state index in [1.54, 1.807) is 7.05 Å². The maximum atomic E-state index is 5.69. The van der Waals surface area contributed by atoms with Gasteiger partial charge in [0.15, 0.2) is 5.96 Å². The lowest BCUT2D eigenvalue weighted by molar-refractivity contribution is 0.0168. The van der Waals surface area contributed by atoms with Gasteiger partial charge in [-0.2, -0.15) is 0 Å². The predicted octanol–water partition coefficient (Wildman–Crippen LogP) is 1.08. The van der Waals surface area contributed by atoms with Crippen molar-refractivity contribution in [1.29, 1.82) is 0 Å². The van der Waals surface area contributed by atoms with E-state index in [9.17, 15) is 0 Å². The molecule has 3 heterocycles. The Morgan fingerprint density at radius 1 is 1.28 bits per heavy atom. The van der Waals surface area contributed by atoms with E-state index in [0.717, 1.165) is 82.5 Å². The average molecular weight is 405 g/mol. The normalized spacial score (nSPS) is 20.8. The zero-order valence-corrected chi connectivity index (χ0v) is 17.9. The van der Waals surface area contributed by atoms with Gasteiger partial charge in [0.2, 0.25) is 0 Å². The van der Waals surface area contributed by atoms with Crippen LogP contribution in [0.5, 0.6) is 0 Å². The number of likely N-dealkylation sites (N-methyl/N-ethyl adjacent to an activating group) is 1. The molecule has 1 aromatic rings. The standard InChI is InChI=1S/C21H36N6O2/c1-22-21(23-8-4-13-28-17-19-5-3-14-29-19)25-16-18-6-7-20(24-15-18)27-11-9-26(2)10-12-27/h6-7,15,19H,3-5,8-14,16-17H2,1-2H3,(H2,22,23,25). The van der Waals surface area contributed by atoms with Crippen LogP contribution in [0.2, 0.25) is 0 Å². The van der Waals surface area contributed by atoms with Crippen molar-refractivity contribution in [2.45, 2.75) is 31.9 Å². The first-order valence-electron chi connectivity index (χ1n) is 10.8. The SMILES string of the molecule is CN=C(NCCCOCC1CCCO1)NCc1ccc(N2CCN(C)CC2)nc1. The summed E-state index contributed by atoms with van der Waals surface area (Å²) < 4.78 is 11.2. The fourth-order valence-corrected chi connectivity index (χ4v) is 3.52. The molecule has 162 valence electrons. The summed E-state index contributed by atoms with van der Waals surface area (Å²) >= 11 is 0. The first-order valence-corrected chi connectivity index (χ1v) is 10.8. The Labute approximate surface area is 174 Å². The lowest BCUT2D eigenvalue weighted by Gasteiger charge is -2.33. The maximum absolute atomic E-state index is 5.69. The van der Waals surface area contributed by atoms with Crippen LogP contribution in [0.1, 0.15) is 24.8 Å². The molecular formula is C21H36N6O2. The van der Waals surface area contributed by atoms with Crippen molar-refractivity contribution in [2.75, 3.05) is 71.5 Å². The quantitative estimate of drug-likeness (QED) is 0.362. The number of aliphatic imine (C=N–C) groups is 1. The van der Waals surface area contributed by atoms with Gasteiger partial charge in [-0.1, -0.05) is 6.07 Å². The summed E-state index contributed by atoms with van der Waals surface area (Å²) in [6, 6.07) is 4.25. The number of aromatic nitrogens is 1. The number of ether oxygens (including phenoxy) is 2. The highest BCUT2D eigenvalue weighted by Crippen LogP contribution is 2.13. The highest BCUT2D eigenvalue weighted by Gasteiger charge is 2.15. The van der Waals surface area contributed by atoms with Crippen molar-refractivity contribution >= 4 is 11.8 Å². The monoisotopic (exact) mass is 404 g/mol. The van der Waals surface area contributed by atoms with Crippen LogP contribution >= 0.6 is 0 Å². The first kappa shape index (κ1) is 21.8. The molecule has 0 radical (unpaired) electrons. The molecule has 2 saturated heterocycles. The molecule has 1 atom stereocenters. The van der Waals surface area contributed by atoms with Gasteiger partial charge in [0, 0.05) is 65.7 Å². The van der Waals surface area contributed by atoms with Crippen LogP contribution in [0.3, 0.4) is 0 Å². The highest BCUT2D eigenvalue weighted by atomic mass is 16.5. The van der Waals surface area contributed by atoms with Crippen molar-refractivity contribution in [1.82, 2.24) is 20.5 Å². The Kier molecular flexibility index (Phi) is 8.98. The Hall–Kier alpha value is -1.90. The minimum atomic E-state index is 0.300. The van der Waals surface area contributed by atoms with Gasteiger partial charge in [0.1, 0.15) is 5.82 Å². The van der Waals surface area contributed by atoms with Gasteiger partial charge in [-0.15, -0.1) is 0 Å². The Morgan fingerprint density at radius 2 is 2.14 bits per heavy atom. The fourth-order valence-electron chi connectivity index (χ4n) is 3.52. The van der Waals surface area contributed by atoms with Crippen LogP contribution in [0.15, 0.2) is 23.3 Å². The second-order valence-electron chi connectivity index (χ2n) is 7.73. The molecule has 0 saturated carbocycles. The third kappa shape index (κ3) is 7.45. The van der Waals surface area contributed by atoms with E-state index in [0.29, 0.717) is 19.3 Å². The molecule has 0 aromatic carbocycles. The highest BCUT2D eigenvalue weighted by molar-refractivity contribution is 5.79. The zero-order valence-electron chi connectivity index (χ0n) is 17.9. The van der Waals surface area contributed by atoms with Crippen LogP contribution in [-0.4, -0.2) is 88.6 Å². The average Bonchev–Trinajstić information content (AvgIpc) is 3.27. The van der Waals surface area contributed by atoms with E-state index in [1.807, 2.05) is 6.20 Å². The number of pyridine rings is 1. The maximum Gasteiger partial charge on any atom is 0.191 e. The molecule has 0 amide bonds. The van der Waals surface area contributed by atoms with Gasteiger partial charge in [-0.3, -0.25) is 4.99 Å². The molecule has 1 aromatic heterocycles. The molecule has 8 nitrogen and oxygen atoms in total. The summed E-state index contributed by atoms with van der Waals surface area (Å²) in [5, 5.41) is 6.67. The van der Waals surface area contributed by atoms with Gasteiger partial charge >= 0.3 is 0 Å². The number of guanidine groups is 1. The lowest BCUT2D eigenvalue weighted by atomic mass is 10.2. The summed E-state index contributed by atoms with van der Waals surface area (Å²) in [5.41, 5.74) is 1.14. The van der Waals surface area contributed by atoms with Gasteiger partial charge in [0.05, 0.1) is 12.7 Å². The topological polar surface area (TPSA) is 74.3 Å². The van der Waals surface area contributed by atoms with E-state index in [4.69, 9.17) is 9.47 Å². The molecule has 0 bridgehead atoms. The zero-order chi connectivity index (χ0) is 20.3. The Balaban J connectivity index is 1.29. The lowest BCUT2D eigenvalue weighted by Crippen LogP contribution is -2.44. The summed E-state index contributed by atoms with van der Waals surface area (Å²) in [7, 11) is 3.96. The summed E-state index contributed by atoms with van der Waals surface area (Å²) in [5.74, 6) is 1.86. The number of hydrogen-bond acceptors (Lipinski definition) is 6. The molecule has 1 unspecified atom stereocenters. The van der Waals surface area contributed by atoms with Crippen LogP contribution in [-0.2, 0) is 16.0 Å². The van der Waals surface area contributed by atoms with Crippen molar-refractivity contribution in [2.24, 2.45) is 4.99 Å². The molecule has 2 aliphatic rings. The molecule has 8 heteroatoms. The molecule has 3 rings (SSSR count). The Bertz CT molecular complexity index is 610. The van der Waals surface area contributed by atoms with E-state index in [-0.39, 0.29) is 0 Å². The van der Waals surface area contributed by atoms with Crippen LogP contribution < -0.4 is 15.5 Å². The van der Waals surface area contributed by atoms with E-state index in [2.05, 4.69) is 49.6 Å². The van der Waals surface area contributed by atoms with E-state index < -0.39 is 0 Å². The van der Waals surface area contributed by atoms with Crippen LogP contribution in [0.25, 0.3) is 0 Å². The third-order valence-corrected chi connectivity index (χ3v) is 5.41. The first-order chi connectivity index (χ1) is 14.2. The smallest absolute Gasteiger partial charge is 0.191 e. The minimum Gasteiger partial charge on any atom is -0.379 e. The van der Waals surface area contributed by atoms with Crippen molar-refractivity contribution in [3.63, 3.8) is 0 Å². The number of nitrogens with one attached hydrogen (secondary N) is 2. The fraction of sp³-hybridized carbons (Fsp3) is 0.714. The number of anilines is 1. The minimum absolute atomic E-state index is 0.300. The predicted molar refractivity (Wildman–Crippen MR) is 117 cm³/mol. The van der Waals surface area contributed by atoms with Crippen molar-refractivity contribution in [3.8, 4) is 0 Å². The van der Waals surface area contributed by atoms with Gasteiger partial charge in [0.25, 0.3) is 0 Å². The molecule has 0 spiro atoms. The Morgan fingerprint density at radius 3 is 2.83 bits per heavy atom. The number of piperazine rings is 1. The number of rotatable bonds is 9.